The number of halogens is 4. The van der Waals surface area contributed by atoms with Gasteiger partial charge in [0, 0.05) is 23.6 Å². The molecule has 0 aliphatic heterocycles. The topological polar surface area (TPSA) is 126 Å². The van der Waals surface area contributed by atoms with Crippen molar-refractivity contribution in [3.8, 4) is 17.6 Å². The summed E-state index contributed by atoms with van der Waals surface area (Å²) in [5.74, 6) is -1.31. The third kappa shape index (κ3) is 5.49. The van der Waals surface area contributed by atoms with Gasteiger partial charge in [0.05, 0.1) is 28.7 Å². The largest absolute Gasteiger partial charge is 0.501 e. The lowest BCUT2D eigenvalue weighted by Crippen LogP contribution is -2.34. The molecule has 13 heteroatoms. The predicted octanol–water partition coefficient (Wildman–Crippen LogP) is 4.79. The van der Waals surface area contributed by atoms with Gasteiger partial charge in [0.15, 0.2) is 0 Å². The third-order valence-corrected chi connectivity index (χ3v) is 6.41. The Morgan fingerprint density at radius 1 is 1.17 bits per heavy atom. The molecule has 188 valence electrons. The summed E-state index contributed by atoms with van der Waals surface area (Å²) in [6, 6.07) is 4.99. The van der Waals surface area contributed by atoms with Crippen LogP contribution < -0.4 is 10.1 Å². The van der Waals surface area contributed by atoms with E-state index < -0.39 is 55.5 Å². The molecule has 0 spiro atoms. The van der Waals surface area contributed by atoms with Crippen LogP contribution >= 0.6 is 0 Å². The first-order valence-corrected chi connectivity index (χ1v) is 11.6. The van der Waals surface area contributed by atoms with E-state index in [1.54, 1.807) is 26.8 Å². The minimum atomic E-state index is -5.88. The molecule has 0 heterocycles. The number of sulfone groups is 1. The number of nitrogens with one attached hydrogen (secondary N) is 1. The number of benzene rings is 2. The van der Waals surface area contributed by atoms with Crippen LogP contribution in [0.15, 0.2) is 35.2 Å². The summed E-state index contributed by atoms with van der Waals surface area (Å²) in [4.78, 5) is 11.1. The Morgan fingerprint density at radius 3 is 2.40 bits per heavy atom. The van der Waals surface area contributed by atoms with Crippen LogP contribution in [0.3, 0.4) is 0 Å². The zero-order chi connectivity index (χ0) is 26.3. The van der Waals surface area contributed by atoms with Gasteiger partial charge in [-0.1, -0.05) is 0 Å². The number of carbonyl (C=O) groups is 1. The van der Waals surface area contributed by atoms with Crippen LogP contribution in [0.4, 0.5) is 22.4 Å². The fraction of sp³-hybridized carbons (Fsp3) is 0.364. The van der Waals surface area contributed by atoms with Crippen molar-refractivity contribution in [1.29, 1.82) is 5.26 Å². The van der Waals surface area contributed by atoms with Crippen molar-refractivity contribution in [2.24, 2.45) is 0 Å². The molecule has 8 nitrogen and oxygen atoms in total. The summed E-state index contributed by atoms with van der Waals surface area (Å²) < 4.78 is 89.0. The number of alkyl halides is 3. The average molecular weight is 516 g/mol. The zero-order valence-electron chi connectivity index (χ0n) is 18.6. The smallest absolute Gasteiger partial charge is 0.457 e. The van der Waals surface area contributed by atoms with E-state index in [1.807, 2.05) is 0 Å². The standard InChI is InChI=1S/C22H20F4N2O6S/c1-21(2,3)34-20(30)28-14-9-15(29)19-17(35(31,32)22(24,25)26)5-4-16(18(14)19)33-13-7-11(10-27)6-12(23)8-13/h4-8,14-15,29H,9H2,1-3H3,(H,28,30). The number of hydrogen-bond donors (Lipinski definition) is 2. The van der Waals surface area contributed by atoms with E-state index in [0.717, 1.165) is 24.3 Å². The normalized spacial score (nSPS) is 17.9. The number of aliphatic hydroxyl groups excluding tert-OH is 1. The van der Waals surface area contributed by atoms with Crippen LogP contribution in [-0.2, 0) is 14.6 Å². The number of hydrogen-bond acceptors (Lipinski definition) is 7. The summed E-state index contributed by atoms with van der Waals surface area (Å²) >= 11 is 0. The summed E-state index contributed by atoms with van der Waals surface area (Å²) in [6.07, 6.45) is -3.08. The molecule has 0 saturated carbocycles. The predicted molar refractivity (Wildman–Crippen MR) is 113 cm³/mol. The summed E-state index contributed by atoms with van der Waals surface area (Å²) in [5.41, 5.74) is -7.57. The van der Waals surface area contributed by atoms with E-state index in [-0.39, 0.29) is 29.0 Å². The van der Waals surface area contributed by atoms with Gasteiger partial charge in [0.25, 0.3) is 9.84 Å². The lowest BCUT2D eigenvalue weighted by molar-refractivity contribution is -0.0437. The van der Waals surface area contributed by atoms with E-state index in [0.29, 0.717) is 6.07 Å². The molecule has 35 heavy (non-hydrogen) atoms. The van der Waals surface area contributed by atoms with Crippen molar-refractivity contribution >= 4 is 15.9 Å². The molecule has 2 aromatic carbocycles. The zero-order valence-corrected chi connectivity index (χ0v) is 19.4. The fourth-order valence-corrected chi connectivity index (χ4v) is 4.63. The molecule has 0 aromatic heterocycles. The molecule has 2 aromatic rings. The molecule has 0 fully saturated rings. The number of nitrogens with zero attached hydrogens (tertiary/aromatic N) is 1. The average Bonchev–Trinajstić information content (AvgIpc) is 3.01. The number of nitriles is 1. The molecule has 1 aliphatic rings. The van der Waals surface area contributed by atoms with Crippen molar-refractivity contribution in [1.82, 2.24) is 5.32 Å². The number of ether oxygens (including phenoxy) is 2. The molecule has 3 rings (SSSR count). The first kappa shape index (κ1) is 26.2. The molecule has 2 N–H and O–H groups in total. The van der Waals surface area contributed by atoms with Crippen molar-refractivity contribution in [3.63, 3.8) is 0 Å². The van der Waals surface area contributed by atoms with Gasteiger partial charge in [-0.3, -0.25) is 0 Å². The van der Waals surface area contributed by atoms with Crippen molar-refractivity contribution in [2.45, 2.75) is 55.3 Å². The summed E-state index contributed by atoms with van der Waals surface area (Å²) in [7, 11) is -5.88. The Hall–Kier alpha value is -3.37. The molecule has 2 atom stereocenters. The second kappa shape index (κ2) is 9.01. The Balaban J connectivity index is 2.17. The van der Waals surface area contributed by atoms with E-state index >= 15 is 0 Å². The van der Waals surface area contributed by atoms with Gasteiger partial charge in [-0.2, -0.15) is 18.4 Å². The number of amides is 1. The first-order chi connectivity index (χ1) is 16.0. The highest BCUT2D eigenvalue weighted by Crippen LogP contribution is 2.49. The lowest BCUT2D eigenvalue weighted by Gasteiger charge is -2.23. The van der Waals surface area contributed by atoms with Gasteiger partial charge < -0.3 is 19.9 Å². The Morgan fingerprint density at radius 2 is 1.83 bits per heavy atom. The number of carbonyl (C=O) groups excluding carboxylic acids is 1. The summed E-state index contributed by atoms with van der Waals surface area (Å²) in [6.45, 7) is 4.72. The number of fused-ring (bicyclic) bond motifs is 1. The molecule has 0 radical (unpaired) electrons. The van der Waals surface area contributed by atoms with Crippen LogP contribution in [0.5, 0.6) is 11.5 Å². The van der Waals surface area contributed by atoms with Crippen LogP contribution in [0, 0.1) is 17.1 Å². The number of alkyl carbamates (subject to hydrolysis) is 1. The van der Waals surface area contributed by atoms with Gasteiger partial charge in [-0.05, 0) is 45.0 Å². The molecule has 1 aliphatic carbocycles. The molecule has 1 amide bonds. The molecular formula is C22H20F4N2O6S. The quantitative estimate of drug-likeness (QED) is 0.560. The van der Waals surface area contributed by atoms with Gasteiger partial charge in [-0.25, -0.2) is 17.6 Å². The minimum absolute atomic E-state index is 0.114. The molecular weight excluding hydrogens is 496 g/mol. The van der Waals surface area contributed by atoms with E-state index in [2.05, 4.69) is 5.32 Å². The molecule has 2 unspecified atom stereocenters. The minimum Gasteiger partial charge on any atom is -0.457 e. The monoisotopic (exact) mass is 516 g/mol. The van der Waals surface area contributed by atoms with Crippen LogP contribution in [0.25, 0.3) is 0 Å². The fourth-order valence-electron chi connectivity index (χ4n) is 3.60. The van der Waals surface area contributed by atoms with Crippen molar-refractivity contribution in [3.05, 3.63) is 52.8 Å². The second-order valence-corrected chi connectivity index (χ2v) is 10.6. The Labute approximate surface area is 198 Å². The van der Waals surface area contributed by atoms with Crippen molar-refractivity contribution in [2.75, 3.05) is 0 Å². The van der Waals surface area contributed by atoms with E-state index in [9.17, 15) is 35.9 Å². The highest BCUT2D eigenvalue weighted by Gasteiger charge is 2.50. The van der Waals surface area contributed by atoms with Crippen LogP contribution in [0.2, 0.25) is 0 Å². The lowest BCUT2D eigenvalue weighted by atomic mass is 10.1. The molecule has 0 bridgehead atoms. The maximum absolute atomic E-state index is 13.9. The first-order valence-electron chi connectivity index (χ1n) is 10.1. The van der Waals surface area contributed by atoms with E-state index in [4.69, 9.17) is 14.7 Å². The number of aliphatic hydroxyl groups is 1. The Kier molecular flexibility index (Phi) is 6.75. The van der Waals surface area contributed by atoms with Gasteiger partial charge >= 0.3 is 11.6 Å². The van der Waals surface area contributed by atoms with Gasteiger partial charge in [0.2, 0.25) is 0 Å². The highest BCUT2D eigenvalue weighted by molar-refractivity contribution is 7.92. The SMILES string of the molecule is CC(C)(C)OC(=O)NC1CC(O)c2c(S(=O)(=O)C(F)(F)F)ccc(Oc3cc(F)cc(C#N)c3)c21. The van der Waals surface area contributed by atoms with Gasteiger partial charge in [-0.15, -0.1) is 0 Å². The van der Waals surface area contributed by atoms with Crippen molar-refractivity contribution < 1.29 is 45.4 Å². The van der Waals surface area contributed by atoms with E-state index in [1.165, 1.54) is 0 Å². The summed E-state index contributed by atoms with van der Waals surface area (Å²) in [5, 5.41) is 22.0. The molecule has 0 saturated heterocycles. The van der Waals surface area contributed by atoms with Crippen LogP contribution in [0.1, 0.15) is 56.0 Å². The van der Waals surface area contributed by atoms with Crippen LogP contribution in [-0.4, -0.2) is 30.7 Å². The Bertz CT molecular complexity index is 1310. The second-order valence-electron chi connectivity index (χ2n) is 8.68. The highest BCUT2D eigenvalue weighted by atomic mass is 32.2. The number of rotatable bonds is 4. The third-order valence-electron chi connectivity index (χ3n) is 4.86. The van der Waals surface area contributed by atoms with Gasteiger partial charge in [0.1, 0.15) is 22.9 Å². The maximum atomic E-state index is 13.9. The maximum Gasteiger partial charge on any atom is 0.501 e.